The second kappa shape index (κ2) is 8.49. The molecule has 6 nitrogen and oxygen atoms in total. The van der Waals surface area contributed by atoms with Crippen molar-refractivity contribution >= 4 is 17.3 Å². The van der Waals surface area contributed by atoms with E-state index in [1.54, 1.807) is 7.11 Å². The van der Waals surface area contributed by atoms with Gasteiger partial charge in [-0.25, -0.2) is 0 Å². The zero-order chi connectivity index (χ0) is 18.4. The fourth-order valence-corrected chi connectivity index (χ4v) is 2.64. The molecule has 1 unspecified atom stereocenters. The Hall–Kier alpha value is -2.86. The minimum absolute atomic E-state index is 0.229. The van der Waals surface area contributed by atoms with Crippen LogP contribution in [-0.4, -0.2) is 31.9 Å². The Bertz CT molecular complexity index is 790. The average Bonchev–Trinajstić information content (AvgIpc) is 3.15. The number of anilines is 1. The summed E-state index contributed by atoms with van der Waals surface area (Å²) in [4.78, 5) is 18.0. The maximum Gasteiger partial charge on any atom is 0.273 e. The Kier molecular flexibility index (Phi) is 5.86. The number of methoxy groups -OCH3 is 1. The number of nitrogens with one attached hydrogen (secondary N) is 1. The van der Waals surface area contributed by atoms with Gasteiger partial charge in [0.1, 0.15) is 18.1 Å². The van der Waals surface area contributed by atoms with E-state index in [4.69, 9.17) is 14.3 Å². The van der Waals surface area contributed by atoms with Crippen LogP contribution in [0.3, 0.4) is 0 Å². The summed E-state index contributed by atoms with van der Waals surface area (Å²) in [5, 5.41) is 6.82. The Morgan fingerprint density at radius 1 is 1.23 bits per heavy atom. The molecule has 2 aromatic rings. The normalized spacial score (nSPS) is 15.9. The van der Waals surface area contributed by atoms with Crippen molar-refractivity contribution < 1.29 is 19.1 Å². The predicted octanol–water partition coefficient (Wildman–Crippen LogP) is 3.48. The van der Waals surface area contributed by atoms with E-state index in [9.17, 15) is 4.79 Å². The lowest BCUT2D eigenvalue weighted by Gasteiger charge is -2.13. The number of oxime groups is 1. The standard InChI is InChI=1S/C20H22N2O4/c1-14-8-9-16(19(12-14)25-11-10-24-2)21-20(23)17-13-18(26-22-17)15-6-4-3-5-7-15/h3-9,12,18H,10-11,13H2,1-2H3,(H,21,23). The van der Waals surface area contributed by atoms with E-state index in [1.807, 2.05) is 55.5 Å². The topological polar surface area (TPSA) is 69.2 Å². The van der Waals surface area contributed by atoms with Crippen molar-refractivity contribution in [3.05, 3.63) is 59.7 Å². The maximum atomic E-state index is 12.6. The number of rotatable bonds is 7. The fraction of sp³-hybridized carbons (Fsp3) is 0.300. The van der Waals surface area contributed by atoms with Crippen LogP contribution in [0.5, 0.6) is 5.75 Å². The first-order chi connectivity index (χ1) is 12.7. The van der Waals surface area contributed by atoms with Crippen LogP contribution in [0, 0.1) is 6.92 Å². The molecule has 0 fully saturated rings. The van der Waals surface area contributed by atoms with Gasteiger partial charge in [-0.05, 0) is 30.2 Å². The summed E-state index contributed by atoms with van der Waals surface area (Å²) < 4.78 is 10.7. The van der Waals surface area contributed by atoms with Crippen LogP contribution in [-0.2, 0) is 14.4 Å². The molecule has 1 N–H and O–H groups in total. The van der Waals surface area contributed by atoms with Crippen LogP contribution in [0.15, 0.2) is 53.7 Å². The summed E-state index contributed by atoms with van der Waals surface area (Å²) in [7, 11) is 1.61. The zero-order valence-electron chi connectivity index (χ0n) is 14.9. The average molecular weight is 354 g/mol. The number of amides is 1. The van der Waals surface area contributed by atoms with E-state index < -0.39 is 0 Å². The number of carbonyl (C=O) groups excluding carboxylic acids is 1. The van der Waals surface area contributed by atoms with Gasteiger partial charge in [0, 0.05) is 13.5 Å². The van der Waals surface area contributed by atoms with E-state index in [-0.39, 0.29) is 12.0 Å². The third-order valence-corrected chi connectivity index (χ3v) is 4.03. The molecule has 0 saturated carbocycles. The van der Waals surface area contributed by atoms with Crippen molar-refractivity contribution in [2.45, 2.75) is 19.4 Å². The molecule has 0 radical (unpaired) electrons. The molecule has 0 aromatic heterocycles. The predicted molar refractivity (Wildman–Crippen MR) is 99.5 cm³/mol. The Labute approximate surface area is 152 Å². The van der Waals surface area contributed by atoms with E-state index in [1.165, 1.54) is 0 Å². The molecule has 26 heavy (non-hydrogen) atoms. The van der Waals surface area contributed by atoms with Gasteiger partial charge >= 0.3 is 0 Å². The minimum atomic E-state index is -0.288. The lowest BCUT2D eigenvalue weighted by atomic mass is 10.0. The van der Waals surface area contributed by atoms with Crippen molar-refractivity contribution in [2.24, 2.45) is 5.16 Å². The molecule has 1 aliphatic rings. The summed E-state index contributed by atoms with van der Waals surface area (Å²) in [5.41, 5.74) is 3.00. The molecule has 1 heterocycles. The Balaban J connectivity index is 1.65. The second-order valence-electron chi connectivity index (χ2n) is 6.04. The van der Waals surface area contributed by atoms with Gasteiger partial charge < -0.3 is 19.6 Å². The molecule has 1 aliphatic heterocycles. The van der Waals surface area contributed by atoms with Gasteiger partial charge in [-0.15, -0.1) is 0 Å². The van der Waals surface area contributed by atoms with Gasteiger partial charge in [-0.2, -0.15) is 0 Å². The molecule has 2 aromatic carbocycles. The highest BCUT2D eigenvalue weighted by Gasteiger charge is 2.27. The highest BCUT2D eigenvalue weighted by atomic mass is 16.6. The third kappa shape index (κ3) is 4.40. The van der Waals surface area contributed by atoms with Gasteiger partial charge in [0.2, 0.25) is 0 Å². The molecule has 1 atom stereocenters. The zero-order valence-corrected chi connectivity index (χ0v) is 14.9. The molecular formula is C20H22N2O4. The summed E-state index contributed by atoms with van der Waals surface area (Å²) >= 11 is 0. The van der Waals surface area contributed by atoms with E-state index >= 15 is 0 Å². The van der Waals surface area contributed by atoms with E-state index in [0.717, 1.165) is 11.1 Å². The number of nitrogens with zero attached hydrogens (tertiary/aromatic N) is 1. The van der Waals surface area contributed by atoms with E-state index in [2.05, 4.69) is 10.5 Å². The lowest BCUT2D eigenvalue weighted by molar-refractivity contribution is -0.110. The largest absolute Gasteiger partial charge is 0.489 e. The summed E-state index contributed by atoms with van der Waals surface area (Å²) in [5.74, 6) is 0.318. The molecule has 136 valence electrons. The number of carbonyl (C=O) groups is 1. The molecule has 1 amide bonds. The number of benzene rings is 2. The first kappa shape index (κ1) is 17.9. The van der Waals surface area contributed by atoms with Crippen molar-refractivity contribution in [1.29, 1.82) is 0 Å². The van der Waals surface area contributed by atoms with Gasteiger partial charge in [0.25, 0.3) is 5.91 Å². The lowest BCUT2D eigenvalue weighted by Crippen LogP contribution is -2.22. The number of hydrogen-bond acceptors (Lipinski definition) is 5. The van der Waals surface area contributed by atoms with Crippen LogP contribution in [0.25, 0.3) is 0 Å². The smallest absolute Gasteiger partial charge is 0.273 e. The first-order valence-electron chi connectivity index (χ1n) is 8.48. The Morgan fingerprint density at radius 3 is 2.81 bits per heavy atom. The SMILES string of the molecule is COCCOc1cc(C)ccc1NC(=O)C1=NOC(c2ccccc2)C1. The van der Waals surface area contributed by atoms with Gasteiger partial charge in [-0.3, -0.25) is 4.79 Å². The molecule has 0 aliphatic carbocycles. The highest BCUT2D eigenvalue weighted by molar-refractivity contribution is 6.43. The number of ether oxygens (including phenoxy) is 2. The molecule has 0 saturated heterocycles. The number of aryl methyl sites for hydroxylation is 1. The quantitative estimate of drug-likeness (QED) is 0.773. The molecular weight excluding hydrogens is 332 g/mol. The van der Waals surface area contributed by atoms with Crippen LogP contribution >= 0.6 is 0 Å². The van der Waals surface area contributed by atoms with Crippen molar-refractivity contribution in [3.63, 3.8) is 0 Å². The second-order valence-corrected chi connectivity index (χ2v) is 6.04. The summed E-state index contributed by atoms with van der Waals surface area (Å²) in [6.45, 7) is 2.84. The molecule has 0 bridgehead atoms. The number of hydrogen-bond donors (Lipinski definition) is 1. The minimum Gasteiger partial charge on any atom is -0.489 e. The van der Waals surface area contributed by atoms with Crippen molar-refractivity contribution in [2.75, 3.05) is 25.6 Å². The molecule has 6 heteroatoms. The van der Waals surface area contributed by atoms with Crippen LogP contribution in [0.2, 0.25) is 0 Å². The van der Waals surface area contributed by atoms with Crippen LogP contribution < -0.4 is 10.1 Å². The van der Waals surface area contributed by atoms with Crippen LogP contribution in [0.4, 0.5) is 5.69 Å². The van der Waals surface area contributed by atoms with Crippen molar-refractivity contribution in [1.82, 2.24) is 0 Å². The van der Waals surface area contributed by atoms with Crippen LogP contribution in [0.1, 0.15) is 23.7 Å². The van der Waals surface area contributed by atoms with Gasteiger partial charge in [-0.1, -0.05) is 41.6 Å². The fourth-order valence-electron chi connectivity index (χ4n) is 2.64. The monoisotopic (exact) mass is 354 g/mol. The first-order valence-corrected chi connectivity index (χ1v) is 8.48. The highest BCUT2D eigenvalue weighted by Crippen LogP contribution is 2.29. The molecule has 3 rings (SSSR count). The van der Waals surface area contributed by atoms with Gasteiger partial charge in [0.15, 0.2) is 6.10 Å². The van der Waals surface area contributed by atoms with E-state index in [0.29, 0.717) is 36.8 Å². The molecule has 0 spiro atoms. The third-order valence-electron chi connectivity index (χ3n) is 4.03. The van der Waals surface area contributed by atoms with Crippen molar-refractivity contribution in [3.8, 4) is 5.75 Å². The Morgan fingerprint density at radius 2 is 2.04 bits per heavy atom. The summed E-state index contributed by atoms with van der Waals surface area (Å²) in [6, 6.07) is 15.4. The maximum absolute atomic E-state index is 12.6. The summed E-state index contributed by atoms with van der Waals surface area (Å²) in [6.07, 6.45) is 0.203. The van der Waals surface area contributed by atoms with Gasteiger partial charge in [0.05, 0.1) is 12.3 Å².